The number of rotatable bonds is 10. The molecule has 1 saturated carbocycles. The quantitative estimate of drug-likeness (QED) is 0.303. The summed E-state index contributed by atoms with van der Waals surface area (Å²) in [4.78, 5) is 20.8. The van der Waals surface area contributed by atoms with Crippen LogP contribution in [-0.2, 0) is 16.0 Å². The molecule has 1 aliphatic carbocycles. The molecule has 0 saturated heterocycles. The van der Waals surface area contributed by atoms with Gasteiger partial charge in [-0.2, -0.15) is 0 Å². The molecule has 2 heterocycles. The highest BCUT2D eigenvalue weighted by molar-refractivity contribution is 6.32. The topological polar surface area (TPSA) is 120 Å². The predicted octanol–water partition coefficient (Wildman–Crippen LogP) is 5.05. The van der Waals surface area contributed by atoms with Crippen molar-refractivity contribution in [2.45, 2.75) is 70.7 Å². The van der Waals surface area contributed by atoms with Gasteiger partial charge in [0.25, 0.3) is 0 Å². The van der Waals surface area contributed by atoms with Crippen LogP contribution in [-0.4, -0.2) is 63.3 Å². The van der Waals surface area contributed by atoms with Gasteiger partial charge >= 0.3 is 6.09 Å². The summed E-state index contributed by atoms with van der Waals surface area (Å²) in [7, 11) is 0. The number of alkyl carbamates (subject to hydrolysis) is 1. The molecule has 4 rings (SSSR count). The number of halogens is 1. The van der Waals surface area contributed by atoms with E-state index in [1.165, 1.54) is 6.33 Å². The maximum atomic E-state index is 12.0. The van der Waals surface area contributed by atoms with E-state index in [0.717, 1.165) is 42.4 Å². The highest BCUT2D eigenvalue weighted by Gasteiger charge is 2.27. The summed E-state index contributed by atoms with van der Waals surface area (Å²) in [5.41, 5.74) is 2.11. The number of ether oxygens (including phenoxy) is 3. The lowest BCUT2D eigenvalue weighted by molar-refractivity contribution is 0.0394. The van der Waals surface area contributed by atoms with Crippen LogP contribution in [0.4, 0.5) is 16.3 Å². The van der Waals surface area contributed by atoms with Gasteiger partial charge in [0.2, 0.25) is 0 Å². The van der Waals surface area contributed by atoms with Crippen LogP contribution in [0, 0.1) is 0 Å². The first-order chi connectivity index (χ1) is 18.2. The fourth-order valence-corrected chi connectivity index (χ4v) is 4.61. The molecule has 38 heavy (non-hydrogen) atoms. The molecule has 3 N–H and O–H groups in total. The first-order valence-electron chi connectivity index (χ1n) is 12.9. The Morgan fingerprint density at radius 3 is 2.61 bits per heavy atom. The molecule has 1 aliphatic rings. The predicted molar refractivity (Wildman–Crippen MR) is 146 cm³/mol. The average molecular weight is 546 g/mol. The van der Waals surface area contributed by atoms with Crippen LogP contribution in [0.2, 0.25) is 5.02 Å². The Morgan fingerprint density at radius 1 is 1.13 bits per heavy atom. The number of hydrogen-bond acceptors (Lipinski definition) is 8. The van der Waals surface area contributed by atoms with Gasteiger partial charge in [-0.1, -0.05) is 11.6 Å². The Morgan fingerprint density at radius 2 is 1.89 bits per heavy atom. The molecule has 0 unspecified atom stereocenters. The fourth-order valence-electron chi connectivity index (χ4n) is 4.39. The van der Waals surface area contributed by atoms with Crippen molar-refractivity contribution >= 4 is 40.2 Å². The van der Waals surface area contributed by atoms with Gasteiger partial charge in [-0.25, -0.2) is 14.8 Å². The second-order valence-electron chi connectivity index (χ2n) is 10.4. The van der Waals surface area contributed by atoms with E-state index in [4.69, 9.17) is 30.9 Å². The summed E-state index contributed by atoms with van der Waals surface area (Å²) < 4.78 is 19.2. The zero-order valence-corrected chi connectivity index (χ0v) is 22.8. The smallest absolute Gasteiger partial charge is 0.407 e. The maximum absolute atomic E-state index is 12.0. The standard InChI is InChI=1S/C27H36ClN5O5/c1-27(2,3)32-26(35)38-20-7-5-19(6-8-20)37-23-9-4-18(16-21(23)28)31-25-24-22(29-17-30-25)10-11-33(24)12-14-36-15-13-34/h4,9-11,16-17,19-20,34H,5-8,12-15H2,1-3H3,(H,32,35)(H,29,30,31). The number of aliphatic hydroxyl groups is 1. The highest BCUT2D eigenvalue weighted by Crippen LogP contribution is 2.33. The minimum absolute atomic E-state index is 0.00508. The fraction of sp³-hybridized carbons (Fsp3) is 0.519. The number of carbonyl (C=O) groups is 1. The molecular formula is C27H36ClN5O5. The van der Waals surface area contributed by atoms with Gasteiger partial charge in [0.1, 0.15) is 23.7 Å². The highest BCUT2D eigenvalue weighted by atomic mass is 35.5. The lowest BCUT2D eigenvalue weighted by atomic mass is 9.95. The van der Waals surface area contributed by atoms with Crippen LogP contribution in [0.3, 0.4) is 0 Å². The number of fused-ring (bicyclic) bond motifs is 1. The molecule has 3 aromatic rings. The lowest BCUT2D eigenvalue weighted by Gasteiger charge is -2.30. The molecule has 1 amide bonds. The van der Waals surface area contributed by atoms with Crippen molar-refractivity contribution in [3.8, 4) is 5.75 Å². The number of anilines is 2. The summed E-state index contributed by atoms with van der Waals surface area (Å²) in [6, 6.07) is 7.49. The summed E-state index contributed by atoms with van der Waals surface area (Å²) in [5, 5.41) is 15.6. The molecule has 0 aliphatic heterocycles. The normalized spacial score (nSPS) is 17.8. The van der Waals surface area contributed by atoms with Gasteiger partial charge < -0.3 is 34.5 Å². The number of nitrogens with one attached hydrogen (secondary N) is 2. The van der Waals surface area contributed by atoms with E-state index in [1.807, 2.05) is 55.8 Å². The molecule has 0 bridgehead atoms. The number of nitrogens with zero attached hydrogens (tertiary/aromatic N) is 3. The second-order valence-corrected chi connectivity index (χ2v) is 10.8. The van der Waals surface area contributed by atoms with Crippen molar-refractivity contribution < 1.29 is 24.1 Å². The molecule has 0 radical (unpaired) electrons. The van der Waals surface area contributed by atoms with Crippen LogP contribution in [0.5, 0.6) is 5.75 Å². The molecule has 0 atom stereocenters. The van der Waals surface area contributed by atoms with Gasteiger partial charge in [0.15, 0.2) is 5.82 Å². The monoisotopic (exact) mass is 545 g/mol. The van der Waals surface area contributed by atoms with Crippen LogP contribution in [0.15, 0.2) is 36.8 Å². The zero-order valence-electron chi connectivity index (χ0n) is 22.1. The molecule has 10 nitrogen and oxygen atoms in total. The average Bonchev–Trinajstić information content (AvgIpc) is 3.27. The van der Waals surface area contributed by atoms with Gasteiger partial charge in [0.05, 0.1) is 36.5 Å². The zero-order chi connectivity index (χ0) is 27.1. The Bertz CT molecular complexity index is 1220. The summed E-state index contributed by atoms with van der Waals surface area (Å²) in [5.74, 6) is 1.27. The third-order valence-electron chi connectivity index (χ3n) is 6.12. The van der Waals surface area contributed by atoms with Gasteiger partial charge in [-0.3, -0.25) is 0 Å². The van der Waals surface area contributed by atoms with E-state index in [9.17, 15) is 4.79 Å². The SMILES string of the molecule is CC(C)(C)NC(=O)OC1CCC(Oc2ccc(Nc3ncnc4ccn(CCOCCO)c34)cc2Cl)CC1. The largest absolute Gasteiger partial charge is 0.489 e. The van der Waals surface area contributed by atoms with Crippen molar-refractivity contribution in [2.24, 2.45) is 0 Å². The van der Waals surface area contributed by atoms with Gasteiger partial charge in [-0.05, 0) is 70.7 Å². The van der Waals surface area contributed by atoms with E-state index in [2.05, 4.69) is 20.6 Å². The minimum atomic E-state index is -0.378. The Hall–Kier alpha value is -3.08. The Kier molecular flexibility index (Phi) is 9.30. The lowest BCUT2D eigenvalue weighted by Crippen LogP contribution is -2.43. The van der Waals surface area contributed by atoms with E-state index >= 15 is 0 Å². The van der Waals surface area contributed by atoms with E-state index < -0.39 is 0 Å². The number of benzene rings is 1. The van der Waals surface area contributed by atoms with Crippen LogP contribution in [0.1, 0.15) is 46.5 Å². The molecule has 11 heteroatoms. The maximum Gasteiger partial charge on any atom is 0.407 e. The Balaban J connectivity index is 1.34. The number of aliphatic hydroxyl groups excluding tert-OH is 1. The third kappa shape index (κ3) is 7.72. The van der Waals surface area contributed by atoms with Crippen molar-refractivity contribution in [2.75, 3.05) is 25.1 Å². The summed E-state index contributed by atoms with van der Waals surface area (Å²) in [6.07, 6.45) is 6.03. The van der Waals surface area contributed by atoms with Crippen molar-refractivity contribution in [3.05, 3.63) is 41.8 Å². The molecule has 2 aromatic heterocycles. The molecule has 206 valence electrons. The third-order valence-corrected chi connectivity index (χ3v) is 6.42. The molecule has 0 spiro atoms. The van der Waals surface area contributed by atoms with Crippen molar-refractivity contribution in [3.63, 3.8) is 0 Å². The minimum Gasteiger partial charge on any atom is -0.489 e. The summed E-state index contributed by atoms with van der Waals surface area (Å²) >= 11 is 6.58. The van der Waals surface area contributed by atoms with Crippen LogP contribution >= 0.6 is 11.6 Å². The van der Waals surface area contributed by atoms with Gasteiger partial charge in [-0.15, -0.1) is 0 Å². The van der Waals surface area contributed by atoms with E-state index in [-0.39, 0.29) is 30.4 Å². The van der Waals surface area contributed by atoms with Crippen LogP contribution < -0.4 is 15.4 Å². The van der Waals surface area contributed by atoms with Crippen LogP contribution in [0.25, 0.3) is 11.0 Å². The molecular weight excluding hydrogens is 510 g/mol. The van der Waals surface area contributed by atoms with Gasteiger partial charge in [0, 0.05) is 24.0 Å². The molecule has 1 aromatic carbocycles. The number of carbonyl (C=O) groups excluding carboxylic acids is 1. The molecule has 1 fully saturated rings. The van der Waals surface area contributed by atoms with E-state index in [0.29, 0.717) is 36.3 Å². The first-order valence-corrected chi connectivity index (χ1v) is 13.3. The van der Waals surface area contributed by atoms with E-state index in [1.54, 1.807) is 0 Å². The number of hydrogen-bond donors (Lipinski definition) is 3. The van der Waals surface area contributed by atoms with Crippen molar-refractivity contribution in [1.29, 1.82) is 0 Å². The number of aromatic nitrogens is 3. The first kappa shape index (κ1) is 27.9. The number of amides is 1. The Labute approximate surface area is 227 Å². The second kappa shape index (κ2) is 12.6. The van der Waals surface area contributed by atoms with Crippen molar-refractivity contribution in [1.82, 2.24) is 19.9 Å². The summed E-state index contributed by atoms with van der Waals surface area (Å²) in [6.45, 7) is 7.14.